The van der Waals surface area contributed by atoms with Crippen molar-refractivity contribution in [3.8, 4) is 17.1 Å². The molecule has 0 spiro atoms. The molecular weight excluding hydrogens is 292 g/mol. The molecule has 1 aromatic heterocycles. The quantitative estimate of drug-likeness (QED) is 0.805. The Morgan fingerprint density at radius 3 is 2.50 bits per heavy atom. The van der Waals surface area contributed by atoms with Crippen LogP contribution >= 0.6 is 15.9 Å². The Hall–Kier alpha value is -1.22. The SMILES string of the molecule is CC(C)(C)c1cc(CBr)c(O)c(-c2ccco2)c1. The molecule has 0 aliphatic heterocycles. The van der Waals surface area contributed by atoms with Crippen LogP contribution in [0, 0.1) is 0 Å². The van der Waals surface area contributed by atoms with E-state index in [0.29, 0.717) is 11.1 Å². The van der Waals surface area contributed by atoms with Crippen molar-refractivity contribution in [3.63, 3.8) is 0 Å². The van der Waals surface area contributed by atoms with Gasteiger partial charge in [0.2, 0.25) is 0 Å². The maximum atomic E-state index is 10.3. The van der Waals surface area contributed by atoms with Crippen molar-refractivity contribution >= 4 is 15.9 Å². The summed E-state index contributed by atoms with van der Waals surface area (Å²) >= 11 is 3.42. The lowest BCUT2D eigenvalue weighted by Gasteiger charge is -2.21. The Morgan fingerprint density at radius 1 is 1.28 bits per heavy atom. The fraction of sp³-hybridized carbons (Fsp3) is 0.333. The van der Waals surface area contributed by atoms with Gasteiger partial charge in [-0.05, 0) is 29.2 Å². The fourth-order valence-electron chi connectivity index (χ4n) is 1.85. The molecule has 96 valence electrons. The third-order valence-electron chi connectivity index (χ3n) is 2.99. The molecule has 0 atom stereocenters. The Labute approximate surface area is 116 Å². The molecule has 0 saturated carbocycles. The monoisotopic (exact) mass is 308 g/mol. The molecule has 0 amide bonds. The van der Waals surface area contributed by atoms with E-state index in [1.165, 1.54) is 5.56 Å². The van der Waals surface area contributed by atoms with E-state index in [2.05, 4.69) is 36.7 Å². The number of alkyl halides is 1. The van der Waals surface area contributed by atoms with Gasteiger partial charge in [-0.1, -0.05) is 42.8 Å². The summed E-state index contributed by atoms with van der Waals surface area (Å²) in [6.45, 7) is 6.47. The lowest BCUT2D eigenvalue weighted by molar-refractivity contribution is 0.467. The van der Waals surface area contributed by atoms with Crippen LogP contribution in [0.15, 0.2) is 34.9 Å². The molecule has 2 nitrogen and oxygen atoms in total. The topological polar surface area (TPSA) is 33.4 Å². The summed E-state index contributed by atoms with van der Waals surface area (Å²) in [6.07, 6.45) is 1.62. The van der Waals surface area contributed by atoms with Crippen molar-refractivity contribution in [2.24, 2.45) is 0 Å². The highest BCUT2D eigenvalue weighted by atomic mass is 79.9. The van der Waals surface area contributed by atoms with Crippen LogP contribution in [0.5, 0.6) is 5.75 Å². The summed E-state index contributed by atoms with van der Waals surface area (Å²) in [6, 6.07) is 7.72. The van der Waals surface area contributed by atoms with Crippen molar-refractivity contribution < 1.29 is 9.52 Å². The first-order valence-electron chi connectivity index (χ1n) is 5.89. The number of halogens is 1. The average molecular weight is 309 g/mol. The van der Waals surface area contributed by atoms with E-state index in [9.17, 15) is 5.11 Å². The standard InChI is InChI=1S/C15H17BrO2/c1-15(2,3)11-7-10(9-16)14(17)12(8-11)13-5-4-6-18-13/h4-8,17H,9H2,1-3H3. The highest BCUT2D eigenvalue weighted by Gasteiger charge is 2.19. The van der Waals surface area contributed by atoms with Gasteiger partial charge in [0.15, 0.2) is 0 Å². The van der Waals surface area contributed by atoms with Crippen LogP contribution in [0.4, 0.5) is 0 Å². The number of furan rings is 1. The highest BCUT2D eigenvalue weighted by molar-refractivity contribution is 9.08. The molecule has 2 rings (SSSR count). The molecule has 3 heteroatoms. The zero-order valence-electron chi connectivity index (χ0n) is 10.8. The molecular formula is C15H17BrO2. The average Bonchev–Trinajstić information content (AvgIpc) is 2.81. The molecule has 1 heterocycles. The summed E-state index contributed by atoms with van der Waals surface area (Å²) in [5, 5.41) is 10.9. The number of benzene rings is 1. The zero-order valence-corrected chi connectivity index (χ0v) is 12.4. The van der Waals surface area contributed by atoms with Gasteiger partial charge in [0.25, 0.3) is 0 Å². The van der Waals surface area contributed by atoms with Crippen molar-refractivity contribution in [1.29, 1.82) is 0 Å². The van der Waals surface area contributed by atoms with E-state index in [-0.39, 0.29) is 11.2 Å². The minimum absolute atomic E-state index is 0.0337. The fourth-order valence-corrected chi connectivity index (χ4v) is 2.28. The van der Waals surface area contributed by atoms with Gasteiger partial charge in [0.05, 0.1) is 11.8 Å². The van der Waals surface area contributed by atoms with Gasteiger partial charge in [-0.15, -0.1) is 0 Å². The summed E-state index contributed by atoms with van der Waals surface area (Å²) < 4.78 is 5.39. The molecule has 0 aliphatic carbocycles. The third-order valence-corrected chi connectivity index (χ3v) is 3.59. The molecule has 0 bridgehead atoms. The van der Waals surface area contributed by atoms with Gasteiger partial charge in [-0.2, -0.15) is 0 Å². The number of phenolic OH excluding ortho intramolecular Hbond substituents is 1. The van der Waals surface area contributed by atoms with E-state index in [1.54, 1.807) is 6.26 Å². The second-order valence-electron chi connectivity index (χ2n) is 5.39. The molecule has 1 aromatic carbocycles. The number of aromatic hydroxyl groups is 1. The first-order chi connectivity index (χ1) is 8.43. The minimum Gasteiger partial charge on any atom is -0.507 e. The summed E-state index contributed by atoms with van der Waals surface area (Å²) in [5.74, 6) is 0.982. The number of hydrogen-bond acceptors (Lipinski definition) is 2. The molecule has 2 aromatic rings. The van der Waals surface area contributed by atoms with Crippen LogP contribution in [0.25, 0.3) is 11.3 Å². The van der Waals surface area contributed by atoms with E-state index < -0.39 is 0 Å². The van der Waals surface area contributed by atoms with Crippen molar-refractivity contribution in [2.75, 3.05) is 0 Å². The smallest absolute Gasteiger partial charge is 0.137 e. The van der Waals surface area contributed by atoms with E-state index in [1.807, 2.05) is 24.3 Å². The molecule has 0 saturated heterocycles. The normalized spacial score (nSPS) is 11.8. The maximum absolute atomic E-state index is 10.3. The lowest BCUT2D eigenvalue weighted by atomic mass is 9.84. The summed E-state index contributed by atoms with van der Waals surface area (Å²) in [7, 11) is 0. The molecule has 18 heavy (non-hydrogen) atoms. The van der Waals surface area contributed by atoms with Crippen molar-refractivity contribution in [2.45, 2.75) is 31.5 Å². The maximum Gasteiger partial charge on any atom is 0.137 e. The van der Waals surface area contributed by atoms with Crippen LogP contribution in [0.1, 0.15) is 31.9 Å². The first kappa shape index (κ1) is 13.2. The van der Waals surface area contributed by atoms with Gasteiger partial charge in [-0.25, -0.2) is 0 Å². The van der Waals surface area contributed by atoms with E-state index in [4.69, 9.17) is 4.42 Å². The largest absolute Gasteiger partial charge is 0.507 e. The van der Waals surface area contributed by atoms with Gasteiger partial charge >= 0.3 is 0 Å². The Balaban J connectivity index is 2.65. The third kappa shape index (κ3) is 2.46. The highest BCUT2D eigenvalue weighted by Crippen LogP contribution is 2.38. The molecule has 0 aliphatic rings. The lowest BCUT2D eigenvalue weighted by Crippen LogP contribution is -2.11. The van der Waals surface area contributed by atoms with E-state index >= 15 is 0 Å². The van der Waals surface area contributed by atoms with Crippen molar-refractivity contribution in [1.82, 2.24) is 0 Å². The summed E-state index contributed by atoms with van der Waals surface area (Å²) in [4.78, 5) is 0. The van der Waals surface area contributed by atoms with Crippen LogP contribution in [-0.2, 0) is 10.7 Å². The zero-order chi connectivity index (χ0) is 13.3. The van der Waals surface area contributed by atoms with Crippen LogP contribution in [0.2, 0.25) is 0 Å². The van der Waals surface area contributed by atoms with Gasteiger partial charge in [0.1, 0.15) is 11.5 Å². The Kier molecular flexibility index (Phi) is 3.53. The van der Waals surface area contributed by atoms with Crippen LogP contribution in [0.3, 0.4) is 0 Å². The van der Waals surface area contributed by atoms with Crippen LogP contribution < -0.4 is 0 Å². The van der Waals surface area contributed by atoms with Gasteiger partial charge in [0, 0.05) is 10.9 Å². The number of phenols is 1. The second-order valence-corrected chi connectivity index (χ2v) is 5.95. The number of hydrogen-bond donors (Lipinski definition) is 1. The molecule has 0 radical (unpaired) electrons. The predicted octanol–water partition coefficient (Wildman–Crippen LogP) is 4.84. The number of rotatable bonds is 2. The van der Waals surface area contributed by atoms with Crippen molar-refractivity contribution in [3.05, 3.63) is 41.7 Å². The predicted molar refractivity (Wildman–Crippen MR) is 77.1 cm³/mol. The Bertz CT molecular complexity index is 536. The van der Waals surface area contributed by atoms with E-state index in [0.717, 1.165) is 11.1 Å². The molecule has 0 unspecified atom stereocenters. The first-order valence-corrected chi connectivity index (χ1v) is 7.02. The van der Waals surface area contributed by atoms with Crippen LogP contribution in [-0.4, -0.2) is 5.11 Å². The van der Waals surface area contributed by atoms with Gasteiger partial charge in [-0.3, -0.25) is 0 Å². The van der Waals surface area contributed by atoms with Gasteiger partial charge < -0.3 is 9.52 Å². The molecule has 0 fully saturated rings. The molecule has 1 N–H and O–H groups in total. The summed E-state index contributed by atoms with van der Waals surface area (Å²) in [5.41, 5.74) is 2.85. The second kappa shape index (κ2) is 4.81. The Morgan fingerprint density at radius 2 is 2.00 bits per heavy atom. The minimum atomic E-state index is 0.0337.